The maximum atomic E-state index is 12.6. The monoisotopic (exact) mass is 423 g/mol. The Balaban J connectivity index is 2.05. The van der Waals surface area contributed by atoms with Crippen LogP contribution in [0.3, 0.4) is 0 Å². The Morgan fingerprint density at radius 2 is 2.04 bits per heavy atom. The van der Waals surface area contributed by atoms with Gasteiger partial charge in [-0.1, -0.05) is 5.10 Å². The van der Waals surface area contributed by atoms with Gasteiger partial charge < -0.3 is 19.6 Å². The minimum Gasteiger partial charge on any atom is -0.447 e. The van der Waals surface area contributed by atoms with E-state index in [4.69, 9.17) is 19.6 Å². The van der Waals surface area contributed by atoms with Gasteiger partial charge in [-0.2, -0.15) is 0 Å². The third kappa shape index (κ3) is 6.94. The minimum atomic E-state index is -4.75. The quantitative estimate of drug-likeness (QED) is 0.564. The number of likely N-dealkylation sites (tertiary alicyclic amines) is 1. The molecule has 0 unspecified atom stereocenters. The summed E-state index contributed by atoms with van der Waals surface area (Å²) in [7, 11) is 3.43. The number of aromatic nitrogens is 2. The Hall–Kier alpha value is -1.86. The lowest BCUT2D eigenvalue weighted by atomic mass is 9.98. The van der Waals surface area contributed by atoms with Crippen molar-refractivity contribution in [3.8, 4) is 6.08 Å². The predicted octanol–water partition coefficient (Wildman–Crippen LogP) is 1.88. The van der Waals surface area contributed by atoms with Gasteiger partial charge in [0.1, 0.15) is 18.2 Å². The summed E-state index contributed by atoms with van der Waals surface area (Å²) in [5.74, 6) is 0.0692. The zero-order chi connectivity index (χ0) is 21.2. The van der Waals surface area contributed by atoms with Crippen molar-refractivity contribution in [3.63, 3.8) is 0 Å². The van der Waals surface area contributed by atoms with Crippen molar-refractivity contribution in [1.29, 1.82) is 0 Å². The Bertz CT molecular complexity index is 677. The van der Waals surface area contributed by atoms with E-state index in [2.05, 4.69) is 25.2 Å². The summed E-state index contributed by atoms with van der Waals surface area (Å²) >= 11 is 0. The molecule has 3 radical (unpaired) electrons. The SMILES string of the molecule is CC(C)(C)OC(=O)N1C[C@@](N)([Si])CC[C@@H]1c1nnc(OCCOC(F)(F)F)o1. The number of hydrogen-bond acceptors (Lipinski definition) is 8. The van der Waals surface area contributed by atoms with Crippen molar-refractivity contribution in [1.82, 2.24) is 15.1 Å². The topological polar surface area (TPSA) is 113 Å². The average molecular weight is 423 g/mol. The van der Waals surface area contributed by atoms with E-state index in [-0.39, 0.29) is 18.5 Å². The fourth-order valence-corrected chi connectivity index (χ4v) is 2.83. The number of carbonyl (C=O) groups excluding carboxylic acids is 1. The Morgan fingerprint density at radius 1 is 1.36 bits per heavy atom. The third-order valence-electron chi connectivity index (χ3n) is 3.60. The van der Waals surface area contributed by atoms with Crippen LogP contribution in [0, 0.1) is 0 Å². The van der Waals surface area contributed by atoms with Crippen molar-refractivity contribution in [2.24, 2.45) is 5.73 Å². The van der Waals surface area contributed by atoms with Crippen molar-refractivity contribution in [2.75, 3.05) is 19.8 Å². The van der Waals surface area contributed by atoms with Crippen LogP contribution in [0.4, 0.5) is 18.0 Å². The first-order chi connectivity index (χ1) is 12.8. The standard InChI is InChI=1S/C15H22F3N4O5Si/c1-13(2,3)27-12(23)22-8-14(19,28)5-4-9(22)10-20-21-11(26-10)24-6-7-25-15(16,17)18/h9H,4-8,19H2,1-3H3/t9-,14+/m1/s1. The molecule has 2 rings (SSSR count). The summed E-state index contributed by atoms with van der Waals surface area (Å²) in [6.07, 6.45) is -4.77. The largest absolute Gasteiger partial charge is 0.522 e. The molecule has 0 aromatic carbocycles. The molecule has 0 saturated carbocycles. The highest BCUT2D eigenvalue weighted by Crippen LogP contribution is 2.34. The van der Waals surface area contributed by atoms with Crippen LogP contribution in [0.15, 0.2) is 4.42 Å². The van der Waals surface area contributed by atoms with Crippen LogP contribution in [0.25, 0.3) is 0 Å². The maximum Gasteiger partial charge on any atom is 0.522 e. The van der Waals surface area contributed by atoms with Gasteiger partial charge in [-0.25, -0.2) is 4.79 Å². The molecule has 1 aromatic rings. The molecule has 2 N–H and O–H groups in total. The number of amides is 1. The number of hydrogen-bond donors (Lipinski definition) is 1. The van der Waals surface area contributed by atoms with Crippen LogP contribution < -0.4 is 10.5 Å². The molecular formula is C15H22F3N4O5Si. The summed E-state index contributed by atoms with van der Waals surface area (Å²) in [4.78, 5) is 13.9. The molecule has 0 spiro atoms. The number of nitrogens with zero attached hydrogens (tertiary/aromatic N) is 3. The summed E-state index contributed by atoms with van der Waals surface area (Å²) < 4.78 is 55.1. The van der Waals surface area contributed by atoms with Crippen LogP contribution in [0.1, 0.15) is 45.5 Å². The van der Waals surface area contributed by atoms with Gasteiger partial charge in [0, 0.05) is 11.7 Å². The molecule has 157 valence electrons. The van der Waals surface area contributed by atoms with E-state index in [1.807, 2.05) is 0 Å². The van der Waals surface area contributed by atoms with Crippen LogP contribution in [-0.4, -0.2) is 68.3 Å². The smallest absolute Gasteiger partial charge is 0.447 e. The molecule has 1 aliphatic heterocycles. The van der Waals surface area contributed by atoms with E-state index in [0.29, 0.717) is 12.8 Å². The second-order valence-corrected chi connectivity index (χ2v) is 8.36. The molecule has 1 saturated heterocycles. The second-order valence-electron chi connectivity index (χ2n) is 7.37. The molecule has 1 aliphatic rings. The van der Waals surface area contributed by atoms with Crippen molar-refractivity contribution < 1.29 is 36.6 Å². The number of piperidine rings is 1. The number of alkyl halides is 3. The zero-order valence-corrected chi connectivity index (χ0v) is 16.7. The molecule has 2 heterocycles. The highest BCUT2D eigenvalue weighted by atomic mass is 28.1. The van der Waals surface area contributed by atoms with E-state index in [9.17, 15) is 18.0 Å². The first-order valence-electron chi connectivity index (χ1n) is 8.46. The van der Waals surface area contributed by atoms with Crippen molar-refractivity contribution in [3.05, 3.63) is 5.89 Å². The predicted molar refractivity (Wildman–Crippen MR) is 89.4 cm³/mol. The molecular weight excluding hydrogens is 401 g/mol. The average Bonchev–Trinajstić information content (AvgIpc) is 2.97. The van der Waals surface area contributed by atoms with E-state index in [1.165, 1.54) is 4.90 Å². The summed E-state index contributed by atoms with van der Waals surface area (Å²) in [6, 6.07) is -0.612. The zero-order valence-electron chi connectivity index (χ0n) is 15.7. The van der Waals surface area contributed by atoms with Gasteiger partial charge in [0.05, 0.1) is 16.8 Å². The van der Waals surface area contributed by atoms with Gasteiger partial charge >= 0.3 is 18.5 Å². The highest BCUT2D eigenvalue weighted by Gasteiger charge is 2.41. The Morgan fingerprint density at radius 3 is 2.64 bits per heavy atom. The van der Waals surface area contributed by atoms with E-state index in [1.54, 1.807) is 20.8 Å². The van der Waals surface area contributed by atoms with Crippen LogP contribution in [0.2, 0.25) is 0 Å². The second kappa shape index (κ2) is 8.25. The normalized spacial score (nSPS) is 23.6. The molecule has 0 aliphatic carbocycles. The van der Waals surface area contributed by atoms with Gasteiger partial charge in [-0.05, 0) is 33.6 Å². The van der Waals surface area contributed by atoms with Crippen molar-refractivity contribution in [2.45, 2.75) is 56.8 Å². The molecule has 1 aromatic heterocycles. The summed E-state index contributed by atoms with van der Waals surface area (Å²) in [5, 5.41) is 6.66. The third-order valence-corrected chi connectivity index (χ3v) is 4.01. The Kier molecular flexibility index (Phi) is 6.61. The molecule has 13 heteroatoms. The highest BCUT2D eigenvalue weighted by molar-refractivity contribution is 6.15. The van der Waals surface area contributed by atoms with Gasteiger partial charge in [0.15, 0.2) is 0 Å². The molecule has 0 bridgehead atoms. The summed E-state index contributed by atoms with van der Waals surface area (Å²) in [5.41, 5.74) is 5.38. The van der Waals surface area contributed by atoms with Gasteiger partial charge in [0.2, 0.25) is 5.89 Å². The number of nitrogens with two attached hydrogens (primary N) is 1. The van der Waals surface area contributed by atoms with Crippen LogP contribution in [0.5, 0.6) is 6.08 Å². The van der Waals surface area contributed by atoms with E-state index >= 15 is 0 Å². The lowest BCUT2D eigenvalue weighted by Crippen LogP contribution is -2.57. The lowest BCUT2D eigenvalue weighted by molar-refractivity contribution is -0.325. The van der Waals surface area contributed by atoms with Crippen molar-refractivity contribution >= 4 is 16.3 Å². The van der Waals surface area contributed by atoms with Crippen LogP contribution in [-0.2, 0) is 9.47 Å². The summed E-state index contributed by atoms with van der Waals surface area (Å²) in [6.45, 7) is 4.16. The van der Waals surface area contributed by atoms with Crippen LogP contribution >= 0.6 is 0 Å². The Labute approximate surface area is 163 Å². The lowest BCUT2D eigenvalue weighted by Gasteiger charge is -2.42. The van der Waals surface area contributed by atoms with Gasteiger partial charge in [-0.3, -0.25) is 9.64 Å². The fraction of sp³-hybridized carbons (Fsp3) is 0.800. The molecule has 1 fully saturated rings. The van der Waals surface area contributed by atoms with E-state index < -0.39 is 42.5 Å². The molecule has 1 amide bonds. The molecule has 9 nitrogen and oxygen atoms in total. The number of rotatable bonds is 5. The minimum absolute atomic E-state index is 0.0692. The van der Waals surface area contributed by atoms with Gasteiger partial charge in [-0.15, -0.1) is 18.3 Å². The first-order valence-corrected chi connectivity index (χ1v) is 8.96. The number of halogens is 3. The molecule has 28 heavy (non-hydrogen) atoms. The number of carbonyl (C=O) groups is 1. The van der Waals surface area contributed by atoms with Gasteiger partial charge in [0.25, 0.3) is 0 Å². The number of ether oxygens (including phenoxy) is 3. The maximum absolute atomic E-state index is 12.6. The van der Waals surface area contributed by atoms with E-state index in [0.717, 1.165) is 0 Å². The first kappa shape index (κ1) is 22.4. The fourth-order valence-electron chi connectivity index (χ4n) is 2.51. The molecule has 2 atom stereocenters.